The molecule has 0 spiro atoms. The highest BCUT2D eigenvalue weighted by molar-refractivity contribution is 7.19. The van der Waals surface area contributed by atoms with Crippen molar-refractivity contribution in [2.24, 2.45) is 0 Å². The summed E-state index contributed by atoms with van der Waals surface area (Å²) in [6.45, 7) is 2.02. The van der Waals surface area contributed by atoms with Crippen LogP contribution in [0.1, 0.15) is 10.5 Å². The highest BCUT2D eigenvalue weighted by atomic mass is 35.5. The molecule has 1 amide bonds. The minimum absolute atomic E-state index is 0.139. The Labute approximate surface area is 129 Å². The molecular formula is C13H12ClN3O3S. The molecule has 3 rings (SSSR count). The second kappa shape index (κ2) is 5.97. The van der Waals surface area contributed by atoms with Crippen molar-refractivity contribution in [3.8, 4) is 10.6 Å². The van der Waals surface area contributed by atoms with E-state index in [1.54, 1.807) is 23.1 Å². The largest absolute Gasteiger partial charge is 0.378 e. The minimum atomic E-state index is -0.548. The number of aromatic amines is 1. The summed E-state index contributed by atoms with van der Waals surface area (Å²) in [5.74, 6) is -0.256. The van der Waals surface area contributed by atoms with E-state index in [0.29, 0.717) is 36.3 Å². The van der Waals surface area contributed by atoms with E-state index in [1.165, 1.54) is 11.3 Å². The first-order chi connectivity index (χ1) is 10.1. The number of ether oxygens (including phenoxy) is 1. The fourth-order valence-electron chi connectivity index (χ4n) is 2.09. The van der Waals surface area contributed by atoms with Crippen molar-refractivity contribution in [3.05, 3.63) is 38.7 Å². The Balaban J connectivity index is 1.94. The molecule has 1 fully saturated rings. The van der Waals surface area contributed by atoms with Gasteiger partial charge >= 0.3 is 5.69 Å². The van der Waals surface area contributed by atoms with Crippen LogP contribution in [0.3, 0.4) is 0 Å². The molecule has 0 aliphatic carbocycles. The van der Waals surface area contributed by atoms with E-state index >= 15 is 0 Å². The Bertz CT molecular complexity index is 721. The first-order valence-corrected chi connectivity index (χ1v) is 7.57. The van der Waals surface area contributed by atoms with Crippen molar-refractivity contribution >= 4 is 28.8 Å². The zero-order valence-corrected chi connectivity index (χ0v) is 12.5. The van der Waals surface area contributed by atoms with Crippen LogP contribution in [0.25, 0.3) is 10.6 Å². The van der Waals surface area contributed by atoms with Gasteiger partial charge in [0, 0.05) is 13.1 Å². The molecule has 0 unspecified atom stereocenters. The summed E-state index contributed by atoms with van der Waals surface area (Å²) in [5, 5.41) is 0. The van der Waals surface area contributed by atoms with Crippen LogP contribution in [-0.2, 0) is 4.74 Å². The number of H-pyrrole nitrogens is 1. The number of thiophene rings is 1. The molecule has 0 saturated carbocycles. The summed E-state index contributed by atoms with van der Waals surface area (Å²) in [7, 11) is 0. The molecule has 0 atom stereocenters. The van der Waals surface area contributed by atoms with Crippen molar-refractivity contribution in [1.82, 2.24) is 14.9 Å². The Morgan fingerprint density at radius 1 is 1.38 bits per heavy atom. The number of morpholine rings is 1. The van der Waals surface area contributed by atoms with E-state index in [2.05, 4.69) is 9.97 Å². The number of halogens is 1. The number of hydrogen-bond acceptors (Lipinski definition) is 5. The Kier molecular flexibility index (Phi) is 4.05. The zero-order chi connectivity index (χ0) is 14.8. The van der Waals surface area contributed by atoms with Crippen molar-refractivity contribution in [1.29, 1.82) is 0 Å². The molecule has 2 aromatic heterocycles. The Morgan fingerprint density at radius 3 is 2.81 bits per heavy atom. The van der Waals surface area contributed by atoms with Crippen molar-refractivity contribution in [2.45, 2.75) is 0 Å². The van der Waals surface area contributed by atoms with Crippen molar-refractivity contribution in [3.63, 3.8) is 0 Å². The van der Waals surface area contributed by atoms with Crippen LogP contribution in [-0.4, -0.2) is 47.1 Å². The number of hydrogen-bond donors (Lipinski definition) is 1. The van der Waals surface area contributed by atoms with E-state index < -0.39 is 5.69 Å². The number of aromatic nitrogens is 2. The molecule has 2 aromatic rings. The number of carbonyl (C=O) groups excluding carboxylic acids is 1. The minimum Gasteiger partial charge on any atom is -0.378 e. The molecule has 0 bridgehead atoms. The molecule has 0 radical (unpaired) electrons. The predicted octanol–water partition coefficient (Wildman–Crippen LogP) is 1.62. The maximum atomic E-state index is 12.4. The summed E-state index contributed by atoms with van der Waals surface area (Å²) in [6, 6.07) is 5.12. The van der Waals surface area contributed by atoms with E-state index in [9.17, 15) is 9.59 Å². The summed E-state index contributed by atoms with van der Waals surface area (Å²) in [6.07, 6.45) is 0. The fraction of sp³-hybridized carbons (Fsp3) is 0.308. The third-order valence-corrected chi connectivity index (χ3v) is 4.37. The molecule has 1 N–H and O–H groups in total. The fourth-order valence-corrected chi connectivity index (χ4v) is 3.10. The van der Waals surface area contributed by atoms with Gasteiger partial charge in [0.1, 0.15) is 5.69 Å². The van der Waals surface area contributed by atoms with Gasteiger partial charge < -0.3 is 14.6 Å². The lowest BCUT2D eigenvalue weighted by molar-refractivity contribution is 0.0298. The van der Waals surface area contributed by atoms with E-state index in [4.69, 9.17) is 16.3 Å². The quantitative estimate of drug-likeness (QED) is 0.910. The van der Waals surface area contributed by atoms with Gasteiger partial charge in [-0.1, -0.05) is 11.6 Å². The molecule has 6 nitrogen and oxygen atoms in total. The third-order valence-electron chi connectivity index (χ3n) is 3.10. The average molecular weight is 326 g/mol. The SMILES string of the molecule is O=C(c1cc(-c2ccc(Cl)s2)[nH]c(=O)n1)N1CCOCC1. The number of nitrogens with one attached hydrogen (secondary N) is 1. The third kappa shape index (κ3) is 3.15. The lowest BCUT2D eigenvalue weighted by atomic mass is 10.2. The molecule has 8 heteroatoms. The molecule has 1 aliphatic heterocycles. The molecule has 0 aromatic carbocycles. The maximum absolute atomic E-state index is 12.4. The smallest absolute Gasteiger partial charge is 0.346 e. The number of carbonyl (C=O) groups is 1. The van der Waals surface area contributed by atoms with Gasteiger partial charge in [0.15, 0.2) is 0 Å². The first kappa shape index (κ1) is 14.2. The lowest BCUT2D eigenvalue weighted by Crippen LogP contribution is -2.41. The van der Waals surface area contributed by atoms with Crippen LogP contribution in [0.4, 0.5) is 0 Å². The van der Waals surface area contributed by atoms with Crippen LogP contribution < -0.4 is 5.69 Å². The van der Waals surface area contributed by atoms with Gasteiger partial charge in [0.05, 0.1) is 28.1 Å². The summed E-state index contributed by atoms with van der Waals surface area (Å²) in [5.41, 5.74) is 0.136. The van der Waals surface area contributed by atoms with Gasteiger partial charge in [-0.3, -0.25) is 4.79 Å². The Hall–Kier alpha value is -1.70. The first-order valence-electron chi connectivity index (χ1n) is 6.37. The second-order valence-electron chi connectivity index (χ2n) is 4.49. The summed E-state index contributed by atoms with van der Waals surface area (Å²) < 4.78 is 5.82. The van der Waals surface area contributed by atoms with Gasteiger partial charge in [-0.15, -0.1) is 11.3 Å². The van der Waals surface area contributed by atoms with Crippen molar-refractivity contribution in [2.75, 3.05) is 26.3 Å². The normalized spacial score (nSPS) is 15.2. The molecule has 1 saturated heterocycles. The van der Waals surface area contributed by atoms with Crippen LogP contribution in [0.15, 0.2) is 23.0 Å². The lowest BCUT2D eigenvalue weighted by Gasteiger charge is -2.26. The predicted molar refractivity (Wildman–Crippen MR) is 79.9 cm³/mol. The van der Waals surface area contributed by atoms with Crippen LogP contribution in [0.5, 0.6) is 0 Å². The standard InChI is InChI=1S/C13H12ClN3O3S/c14-11-2-1-10(21-11)8-7-9(16-13(19)15-8)12(18)17-3-5-20-6-4-17/h1-2,7H,3-6H2,(H,15,16,19). The van der Waals surface area contributed by atoms with Gasteiger partial charge in [0.25, 0.3) is 5.91 Å². The highest BCUT2D eigenvalue weighted by Gasteiger charge is 2.21. The van der Waals surface area contributed by atoms with Gasteiger partial charge in [-0.2, -0.15) is 4.98 Å². The zero-order valence-electron chi connectivity index (χ0n) is 11.0. The molecular weight excluding hydrogens is 314 g/mol. The number of amides is 1. The molecule has 1 aliphatic rings. The molecule has 110 valence electrons. The molecule has 3 heterocycles. The summed E-state index contributed by atoms with van der Waals surface area (Å²) >= 11 is 7.22. The monoisotopic (exact) mass is 325 g/mol. The van der Waals surface area contributed by atoms with Gasteiger partial charge in [0.2, 0.25) is 0 Å². The topological polar surface area (TPSA) is 75.3 Å². The maximum Gasteiger partial charge on any atom is 0.346 e. The van der Waals surface area contributed by atoms with Crippen LogP contribution >= 0.6 is 22.9 Å². The second-order valence-corrected chi connectivity index (χ2v) is 6.21. The van der Waals surface area contributed by atoms with Gasteiger partial charge in [-0.05, 0) is 18.2 Å². The average Bonchev–Trinajstić information content (AvgIpc) is 2.93. The van der Waals surface area contributed by atoms with E-state index in [1.807, 2.05) is 0 Å². The van der Waals surface area contributed by atoms with Crippen LogP contribution in [0.2, 0.25) is 4.34 Å². The van der Waals surface area contributed by atoms with Crippen molar-refractivity contribution < 1.29 is 9.53 Å². The Morgan fingerprint density at radius 2 is 2.14 bits per heavy atom. The van der Waals surface area contributed by atoms with E-state index in [-0.39, 0.29) is 11.6 Å². The van der Waals surface area contributed by atoms with E-state index in [0.717, 1.165) is 4.88 Å². The van der Waals surface area contributed by atoms with Crippen LogP contribution in [0, 0.1) is 0 Å². The molecule has 21 heavy (non-hydrogen) atoms. The number of nitrogens with zero attached hydrogens (tertiary/aromatic N) is 2. The highest BCUT2D eigenvalue weighted by Crippen LogP contribution is 2.29. The van der Waals surface area contributed by atoms with Gasteiger partial charge in [-0.25, -0.2) is 4.79 Å². The number of rotatable bonds is 2. The summed E-state index contributed by atoms with van der Waals surface area (Å²) in [4.78, 5) is 32.9.